The van der Waals surface area contributed by atoms with Crippen molar-refractivity contribution >= 4 is 11.8 Å². The molecule has 0 aromatic heterocycles. The van der Waals surface area contributed by atoms with Gasteiger partial charge in [0.2, 0.25) is 0 Å². The summed E-state index contributed by atoms with van der Waals surface area (Å²) in [5, 5.41) is 3.43. The van der Waals surface area contributed by atoms with Crippen molar-refractivity contribution in [1.82, 2.24) is 5.32 Å². The smallest absolute Gasteiger partial charge is 0.130 e. The van der Waals surface area contributed by atoms with E-state index in [0.29, 0.717) is 5.56 Å². The Morgan fingerprint density at radius 1 is 1.20 bits per heavy atom. The van der Waals surface area contributed by atoms with Gasteiger partial charge >= 0.3 is 0 Å². The van der Waals surface area contributed by atoms with Crippen LogP contribution in [0.25, 0.3) is 0 Å². The summed E-state index contributed by atoms with van der Waals surface area (Å²) in [5.41, 5.74) is 1.76. The minimum absolute atomic E-state index is 0.160. The molecular weight excluding hydrogens is 276 g/mol. The van der Waals surface area contributed by atoms with Crippen molar-refractivity contribution in [3.8, 4) is 0 Å². The van der Waals surface area contributed by atoms with Crippen LogP contribution >= 0.6 is 11.8 Å². The molecule has 1 aliphatic heterocycles. The number of rotatable bonds is 3. The fraction of sp³-hybridized carbons (Fsp3) is 0.250. The standard InChI is InChI=1S/C16H15F2NS/c1-10(12-7-6-11(17)8-14(12)18)19-15-9-20-16-5-3-2-4-13(15)16/h2-8,10,15,19H,9H2,1H3. The highest BCUT2D eigenvalue weighted by Gasteiger charge is 2.24. The number of thioether (sulfide) groups is 1. The third-order valence-corrected chi connectivity index (χ3v) is 4.76. The average molecular weight is 291 g/mol. The van der Waals surface area contributed by atoms with Crippen molar-refractivity contribution in [2.24, 2.45) is 0 Å². The summed E-state index contributed by atoms with van der Waals surface area (Å²) >= 11 is 1.80. The highest BCUT2D eigenvalue weighted by atomic mass is 32.2. The third-order valence-electron chi connectivity index (χ3n) is 3.58. The second-order valence-electron chi connectivity index (χ2n) is 4.96. The first-order valence-corrected chi connectivity index (χ1v) is 7.56. The van der Waals surface area contributed by atoms with Gasteiger partial charge in [0.25, 0.3) is 0 Å². The maximum absolute atomic E-state index is 13.8. The second kappa shape index (κ2) is 5.54. The van der Waals surface area contributed by atoms with E-state index in [1.54, 1.807) is 11.8 Å². The van der Waals surface area contributed by atoms with Gasteiger partial charge in [-0.2, -0.15) is 0 Å². The van der Waals surface area contributed by atoms with E-state index in [9.17, 15) is 8.78 Å². The van der Waals surface area contributed by atoms with Crippen LogP contribution in [0.4, 0.5) is 8.78 Å². The van der Waals surface area contributed by atoms with Crippen molar-refractivity contribution in [3.63, 3.8) is 0 Å². The van der Waals surface area contributed by atoms with Crippen LogP contribution in [0.5, 0.6) is 0 Å². The van der Waals surface area contributed by atoms with Gasteiger partial charge in [-0.25, -0.2) is 8.78 Å². The van der Waals surface area contributed by atoms with Crippen LogP contribution in [-0.4, -0.2) is 5.75 Å². The van der Waals surface area contributed by atoms with Crippen LogP contribution in [0.1, 0.15) is 30.1 Å². The third kappa shape index (κ3) is 2.58. The highest BCUT2D eigenvalue weighted by Crippen LogP contribution is 2.39. The van der Waals surface area contributed by atoms with Crippen LogP contribution in [-0.2, 0) is 0 Å². The first kappa shape index (κ1) is 13.6. The quantitative estimate of drug-likeness (QED) is 0.896. The average Bonchev–Trinajstić information content (AvgIpc) is 2.82. The van der Waals surface area contributed by atoms with Crippen molar-refractivity contribution in [2.45, 2.75) is 23.9 Å². The normalized spacial score (nSPS) is 18.9. The maximum atomic E-state index is 13.8. The monoisotopic (exact) mass is 291 g/mol. The molecule has 1 aliphatic rings. The molecule has 104 valence electrons. The maximum Gasteiger partial charge on any atom is 0.130 e. The lowest BCUT2D eigenvalue weighted by Crippen LogP contribution is -2.25. The van der Waals surface area contributed by atoms with Crippen LogP contribution in [0.15, 0.2) is 47.4 Å². The Morgan fingerprint density at radius 2 is 2.00 bits per heavy atom. The summed E-state index contributed by atoms with van der Waals surface area (Å²) in [6, 6.07) is 12.0. The van der Waals surface area contributed by atoms with Gasteiger partial charge in [-0.05, 0) is 24.6 Å². The summed E-state index contributed by atoms with van der Waals surface area (Å²) in [4.78, 5) is 1.27. The topological polar surface area (TPSA) is 12.0 Å². The summed E-state index contributed by atoms with van der Waals surface area (Å²) < 4.78 is 26.7. The summed E-state index contributed by atoms with van der Waals surface area (Å²) in [7, 11) is 0. The molecule has 0 saturated carbocycles. The van der Waals surface area contributed by atoms with E-state index in [0.717, 1.165) is 11.8 Å². The van der Waals surface area contributed by atoms with Gasteiger partial charge in [0, 0.05) is 34.4 Å². The summed E-state index contributed by atoms with van der Waals surface area (Å²) in [6.07, 6.45) is 0. The molecule has 3 rings (SSSR count). The minimum Gasteiger partial charge on any atom is -0.302 e. The molecular formula is C16H15F2NS. The van der Waals surface area contributed by atoms with Gasteiger partial charge in [-0.1, -0.05) is 24.3 Å². The van der Waals surface area contributed by atoms with E-state index in [4.69, 9.17) is 0 Å². The molecule has 0 amide bonds. The lowest BCUT2D eigenvalue weighted by molar-refractivity contribution is 0.475. The molecule has 2 unspecified atom stereocenters. The zero-order valence-electron chi connectivity index (χ0n) is 11.1. The molecule has 4 heteroatoms. The summed E-state index contributed by atoms with van der Waals surface area (Å²) in [6.45, 7) is 1.90. The van der Waals surface area contributed by atoms with Gasteiger partial charge in [0.1, 0.15) is 11.6 Å². The lowest BCUT2D eigenvalue weighted by atomic mass is 10.0. The zero-order valence-corrected chi connectivity index (χ0v) is 11.9. The Hall–Kier alpha value is -1.39. The van der Waals surface area contributed by atoms with Gasteiger partial charge in [-0.3, -0.25) is 0 Å². The van der Waals surface area contributed by atoms with Gasteiger partial charge in [0.15, 0.2) is 0 Å². The SMILES string of the molecule is CC(NC1CSc2ccccc21)c1ccc(F)cc1F. The van der Waals surface area contributed by atoms with E-state index < -0.39 is 11.6 Å². The largest absolute Gasteiger partial charge is 0.302 e. The number of fused-ring (bicyclic) bond motifs is 1. The Kier molecular flexibility index (Phi) is 3.76. The molecule has 0 spiro atoms. The molecule has 0 aliphatic carbocycles. The Morgan fingerprint density at radius 3 is 2.80 bits per heavy atom. The first-order valence-electron chi connectivity index (χ1n) is 6.58. The molecule has 2 aromatic carbocycles. The van der Waals surface area contributed by atoms with Gasteiger partial charge in [0.05, 0.1) is 0 Å². The highest BCUT2D eigenvalue weighted by molar-refractivity contribution is 7.99. The molecule has 0 saturated heterocycles. The zero-order chi connectivity index (χ0) is 14.1. The number of hydrogen-bond donors (Lipinski definition) is 1. The molecule has 0 fully saturated rings. The van der Waals surface area contributed by atoms with Gasteiger partial charge in [-0.15, -0.1) is 11.8 Å². The summed E-state index contributed by atoms with van der Waals surface area (Å²) in [5.74, 6) is -0.101. The first-order chi connectivity index (χ1) is 9.65. The Bertz CT molecular complexity index is 630. The van der Waals surface area contributed by atoms with E-state index in [1.165, 1.54) is 22.6 Å². The number of nitrogens with one attached hydrogen (secondary N) is 1. The van der Waals surface area contributed by atoms with E-state index in [1.807, 2.05) is 19.1 Å². The van der Waals surface area contributed by atoms with Crippen molar-refractivity contribution in [1.29, 1.82) is 0 Å². The Balaban J connectivity index is 1.79. The Labute approximate surface area is 121 Å². The predicted octanol–water partition coefficient (Wildman–Crippen LogP) is 4.46. The number of hydrogen-bond acceptors (Lipinski definition) is 2. The molecule has 1 nitrogen and oxygen atoms in total. The minimum atomic E-state index is -0.541. The van der Waals surface area contributed by atoms with Gasteiger partial charge < -0.3 is 5.32 Å². The second-order valence-corrected chi connectivity index (χ2v) is 6.02. The fourth-order valence-corrected chi connectivity index (χ4v) is 3.72. The van der Waals surface area contributed by atoms with Crippen molar-refractivity contribution < 1.29 is 8.78 Å². The van der Waals surface area contributed by atoms with E-state index in [2.05, 4.69) is 17.4 Å². The number of halogens is 2. The van der Waals surface area contributed by atoms with Crippen LogP contribution in [0.3, 0.4) is 0 Å². The molecule has 1 heterocycles. The van der Waals surface area contributed by atoms with Crippen LogP contribution in [0, 0.1) is 11.6 Å². The van der Waals surface area contributed by atoms with Crippen LogP contribution < -0.4 is 5.32 Å². The molecule has 1 N–H and O–H groups in total. The van der Waals surface area contributed by atoms with Crippen LogP contribution in [0.2, 0.25) is 0 Å². The lowest BCUT2D eigenvalue weighted by Gasteiger charge is -2.20. The number of benzene rings is 2. The van der Waals surface area contributed by atoms with E-state index in [-0.39, 0.29) is 12.1 Å². The molecule has 0 bridgehead atoms. The van der Waals surface area contributed by atoms with Crippen molar-refractivity contribution in [2.75, 3.05) is 5.75 Å². The molecule has 2 aromatic rings. The fourth-order valence-electron chi connectivity index (χ4n) is 2.54. The van der Waals surface area contributed by atoms with Crippen molar-refractivity contribution in [3.05, 3.63) is 65.2 Å². The predicted molar refractivity (Wildman–Crippen MR) is 77.8 cm³/mol. The molecule has 2 atom stereocenters. The molecule has 20 heavy (non-hydrogen) atoms. The molecule has 0 radical (unpaired) electrons. The van der Waals surface area contributed by atoms with E-state index >= 15 is 0 Å².